The van der Waals surface area contributed by atoms with Crippen LogP contribution in [0.4, 0.5) is 5.69 Å². The summed E-state index contributed by atoms with van der Waals surface area (Å²) in [6.07, 6.45) is 3.47. The topological polar surface area (TPSA) is 54.8 Å². The van der Waals surface area contributed by atoms with Crippen LogP contribution in [0.3, 0.4) is 0 Å². The molecular formula is C16H18N4OS. The predicted octanol–water partition coefficient (Wildman–Crippen LogP) is 2.90. The van der Waals surface area contributed by atoms with E-state index in [0.29, 0.717) is 5.69 Å². The molecule has 0 spiro atoms. The Hall–Kier alpha value is -1.97. The number of aromatic nitrogens is 2. The van der Waals surface area contributed by atoms with Crippen molar-refractivity contribution in [2.24, 2.45) is 12.0 Å². The van der Waals surface area contributed by atoms with Crippen molar-refractivity contribution in [2.75, 3.05) is 0 Å². The second-order valence-corrected chi connectivity index (χ2v) is 6.53. The first-order chi connectivity index (χ1) is 10.7. The fourth-order valence-corrected chi connectivity index (χ4v) is 3.63. The molecule has 0 radical (unpaired) electrons. The van der Waals surface area contributed by atoms with Gasteiger partial charge in [0.2, 0.25) is 4.80 Å². The Morgan fingerprint density at radius 1 is 1.36 bits per heavy atom. The monoisotopic (exact) mass is 314 g/mol. The number of hydrogen-bond donors (Lipinski definition) is 1. The molecule has 3 rings (SSSR count). The van der Waals surface area contributed by atoms with E-state index in [1.807, 2.05) is 19.2 Å². The van der Waals surface area contributed by atoms with Gasteiger partial charge in [-0.1, -0.05) is 35.6 Å². The Bertz CT molecular complexity index is 754. The van der Waals surface area contributed by atoms with Gasteiger partial charge in [0.25, 0.3) is 0 Å². The van der Waals surface area contributed by atoms with Gasteiger partial charge in [0.15, 0.2) is 5.69 Å². The van der Waals surface area contributed by atoms with Crippen LogP contribution in [0.25, 0.3) is 15.4 Å². The third kappa shape index (κ3) is 3.26. The number of rotatable bonds is 2. The Labute approximate surface area is 133 Å². The van der Waals surface area contributed by atoms with Crippen molar-refractivity contribution >= 4 is 17.0 Å². The summed E-state index contributed by atoms with van der Waals surface area (Å²) in [7, 11) is 1.89. The molecule has 0 bridgehead atoms. The van der Waals surface area contributed by atoms with Crippen molar-refractivity contribution < 1.29 is 5.11 Å². The van der Waals surface area contributed by atoms with Crippen LogP contribution in [0.2, 0.25) is 0 Å². The van der Waals surface area contributed by atoms with Crippen LogP contribution in [0, 0.1) is 6.57 Å². The molecule has 1 aliphatic rings. The summed E-state index contributed by atoms with van der Waals surface area (Å²) in [6, 6.07) is 7.63. The van der Waals surface area contributed by atoms with Crippen LogP contribution >= 0.6 is 11.3 Å². The molecule has 1 heterocycles. The van der Waals surface area contributed by atoms with Crippen molar-refractivity contribution in [3.63, 3.8) is 0 Å². The third-order valence-corrected chi connectivity index (χ3v) is 4.92. The Kier molecular flexibility index (Phi) is 4.36. The summed E-state index contributed by atoms with van der Waals surface area (Å²) < 4.78 is 1.80. The molecular weight excluding hydrogens is 296 g/mol. The molecule has 5 nitrogen and oxygen atoms in total. The van der Waals surface area contributed by atoms with Crippen LogP contribution < -0.4 is 4.80 Å². The molecule has 6 heteroatoms. The highest BCUT2D eigenvalue weighted by molar-refractivity contribution is 7.12. The minimum absolute atomic E-state index is 0.188. The molecule has 0 unspecified atom stereocenters. The molecule has 114 valence electrons. The van der Waals surface area contributed by atoms with Crippen molar-refractivity contribution in [3.05, 3.63) is 40.5 Å². The predicted molar refractivity (Wildman–Crippen MR) is 86.6 cm³/mol. The normalized spacial score (nSPS) is 22.5. The number of benzene rings is 1. The first kappa shape index (κ1) is 14.9. The zero-order valence-corrected chi connectivity index (χ0v) is 13.3. The molecule has 22 heavy (non-hydrogen) atoms. The molecule has 1 aromatic carbocycles. The van der Waals surface area contributed by atoms with Gasteiger partial charge in [0.1, 0.15) is 5.01 Å². The van der Waals surface area contributed by atoms with Gasteiger partial charge in [0.05, 0.1) is 18.7 Å². The van der Waals surface area contributed by atoms with Gasteiger partial charge in [-0.3, -0.25) is 4.99 Å². The molecule has 0 saturated heterocycles. The number of aryl methyl sites for hydroxylation is 1. The van der Waals surface area contributed by atoms with Gasteiger partial charge in [-0.05, 0) is 25.7 Å². The van der Waals surface area contributed by atoms with Gasteiger partial charge in [-0.15, -0.1) is 0 Å². The molecule has 2 atom stereocenters. The summed E-state index contributed by atoms with van der Waals surface area (Å²) in [4.78, 5) is 9.03. The van der Waals surface area contributed by atoms with Crippen molar-refractivity contribution in [2.45, 2.75) is 37.8 Å². The van der Waals surface area contributed by atoms with Crippen molar-refractivity contribution in [1.29, 1.82) is 0 Å². The number of aliphatic hydroxyl groups excluding tert-OH is 1. The average Bonchev–Trinajstić information content (AvgIpc) is 2.88. The van der Waals surface area contributed by atoms with Crippen molar-refractivity contribution in [3.8, 4) is 10.6 Å². The largest absolute Gasteiger partial charge is 0.393 e. The Balaban J connectivity index is 1.88. The standard InChI is InChI=1S/C16H18N4OS/c1-17-12-8-6-11(7-9-12)15-19-20(2)16(22-15)18-13-4-3-5-14(21)10-13/h6-9,13-14,21H,3-5,10H2,2H3/t13-,14+/m1/s1. The number of nitrogens with zero attached hydrogens (tertiary/aromatic N) is 4. The quantitative estimate of drug-likeness (QED) is 0.867. The zero-order chi connectivity index (χ0) is 15.5. The Morgan fingerprint density at radius 2 is 2.14 bits per heavy atom. The fraction of sp³-hybridized carbons (Fsp3) is 0.438. The maximum absolute atomic E-state index is 9.76. The minimum Gasteiger partial charge on any atom is -0.393 e. The Morgan fingerprint density at radius 3 is 2.82 bits per heavy atom. The van der Waals surface area contributed by atoms with E-state index in [9.17, 15) is 5.11 Å². The first-order valence-corrected chi connectivity index (χ1v) is 8.21. The van der Waals surface area contributed by atoms with Gasteiger partial charge in [0, 0.05) is 12.6 Å². The maximum Gasteiger partial charge on any atom is 0.203 e. The van der Waals surface area contributed by atoms with Crippen LogP contribution in [0.1, 0.15) is 25.7 Å². The van der Waals surface area contributed by atoms with Crippen LogP contribution in [0.15, 0.2) is 29.3 Å². The highest BCUT2D eigenvalue weighted by Crippen LogP contribution is 2.24. The highest BCUT2D eigenvalue weighted by Gasteiger charge is 2.19. The molecule has 1 fully saturated rings. The van der Waals surface area contributed by atoms with E-state index in [4.69, 9.17) is 11.6 Å². The second-order valence-electron chi connectivity index (χ2n) is 5.58. The number of hydrogen-bond acceptors (Lipinski definition) is 4. The lowest BCUT2D eigenvalue weighted by Gasteiger charge is -2.22. The molecule has 1 aliphatic carbocycles. The summed E-state index contributed by atoms with van der Waals surface area (Å²) >= 11 is 1.55. The molecule has 2 aromatic rings. The van der Waals surface area contributed by atoms with E-state index in [2.05, 4.69) is 9.94 Å². The van der Waals surface area contributed by atoms with Crippen LogP contribution in [-0.4, -0.2) is 27.0 Å². The summed E-state index contributed by atoms with van der Waals surface area (Å²) in [5.74, 6) is 0. The van der Waals surface area contributed by atoms with E-state index in [1.54, 1.807) is 28.2 Å². The van der Waals surface area contributed by atoms with E-state index in [-0.39, 0.29) is 12.1 Å². The molecule has 1 aromatic heterocycles. The molecule has 1 saturated carbocycles. The minimum atomic E-state index is -0.221. The lowest BCUT2D eigenvalue weighted by Crippen LogP contribution is -2.25. The van der Waals surface area contributed by atoms with E-state index >= 15 is 0 Å². The van der Waals surface area contributed by atoms with Crippen molar-refractivity contribution in [1.82, 2.24) is 9.78 Å². The second kappa shape index (κ2) is 6.42. The first-order valence-electron chi connectivity index (χ1n) is 7.39. The maximum atomic E-state index is 9.76. The average molecular weight is 314 g/mol. The zero-order valence-electron chi connectivity index (χ0n) is 12.4. The summed E-state index contributed by atoms with van der Waals surface area (Å²) in [6.45, 7) is 6.99. The summed E-state index contributed by atoms with van der Waals surface area (Å²) in [5, 5.41) is 15.2. The van der Waals surface area contributed by atoms with Gasteiger partial charge < -0.3 is 5.11 Å². The lowest BCUT2D eigenvalue weighted by atomic mass is 9.94. The van der Waals surface area contributed by atoms with Crippen LogP contribution in [-0.2, 0) is 7.05 Å². The van der Waals surface area contributed by atoms with Gasteiger partial charge in [-0.25, -0.2) is 9.53 Å². The van der Waals surface area contributed by atoms with E-state index < -0.39 is 0 Å². The third-order valence-electron chi connectivity index (χ3n) is 3.86. The lowest BCUT2D eigenvalue weighted by molar-refractivity contribution is 0.120. The van der Waals surface area contributed by atoms with Gasteiger partial charge >= 0.3 is 0 Å². The highest BCUT2D eigenvalue weighted by atomic mass is 32.1. The molecule has 1 N–H and O–H groups in total. The van der Waals surface area contributed by atoms with E-state index in [0.717, 1.165) is 41.1 Å². The smallest absolute Gasteiger partial charge is 0.203 e. The SMILES string of the molecule is [C-]#[N+]c1ccc(-c2nn(C)c(=N[C@@H]3CCC[C@H](O)C3)s2)cc1. The van der Waals surface area contributed by atoms with Crippen LogP contribution in [0.5, 0.6) is 0 Å². The fourth-order valence-electron chi connectivity index (χ4n) is 2.67. The van der Waals surface area contributed by atoms with Gasteiger partial charge in [-0.2, -0.15) is 5.10 Å². The molecule has 0 amide bonds. The number of aliphatic hydroxyl groups is 1. The molecule has 0 aliphatic heterocycles. The summed E-state index contributed by atoms with van der Waals surface area (Å²) in [5.41, 5.74) is 1.63. The van der Waals surface area contributed by atoms with E-state index in [1.165, 1.54) is 0 Å².